The lowest BCUT2D eigenvalue weighted by molar-refractivity contribution is -0.153. The van der Waals surface area contributed by atoms with Crippen LogP contribution in [0.25, 0.3) is 11.1 Å². The first-order valence-electron chi connectivity index (χ1n) is 15.1. The molecule has 4 N–H and O–H groups in total. The summed E-state index contributed by atoms with van der Waals surface area (Å²) in [6.07, 6.45) is -4.18. The summed E-state index contributed by atoms with van der Waals surface area (Å²) in [5, 5.41) is 25.5. The Labute approximate surface area is 261 Å². The van der Waals surface area contributed by atoms with Crippen LogP contribution in [0.5, 0.6) is 0 Å². The lowest BCUT2D eigenvalue weighted by Crippen LogP contribution is -2.46. The van der Waals surface area contributed by atoms with Crippen molar-refractivity contribution in [3.05, 3.63) is 59.7 Å². The van der Waals surface area contributed by atoms with Gasteiger partial charge in [0.1, 0.15) is 18.2 Å². The maximum atomic E-state index is 13.1. The van der Waals surface area contributed by atoms with E-state index < -0.39 is 59.6 Å². The number of alkyl carbamates (subject to hydrolysis) is 1. The van der Waals surface area contributed by atoms with Gasteiger partial charge in [0.25, 0.3) is 0 Å². The number of amides is 2. The van der Waals surface area contributed by atoms with E-state index in [4.69, 9.17) is 18.9 Å². The average molecular weight is 625 g/mol. The molecule has 2 saturated heterocycles. The summed E-state index contributed by atoms with van der Waals surface area (Å²) in [6, 6.07) is 14.3. The van der Waals surface area contributed by atoms with E-state index in [1.165, 1.54) is 0 Å². The summed E-state index contributed by atoms with van der Waals surface area (Å²) in [5.41, 5.74) is 3.02. The fraction of sp³-hybridized carbons (Fsp3) is 0.515. The summed E-state index contributed by atoms with van der Waals surface area (Å²) in [6.45, 7) is 6.63. The van der Waals surface area contributed by atoms with E-state index >= 15 is 0 Å². The number of hydrogen-bond acceptors (Lipinski definition) is 9. The van der Waals surface area contributed by atoms with Gasteiger partial charge in [-0.1, -0.05) is 48.5 Å². The molecule has 0 unspecified atom stereocenters. The van der Waals surface area contributed by atoms with Crippen molar-refractivity contribution in [3.8, 4) is 11.1 Å². The summed E-state index contributed by atoms with van der Waals surface area (Å²) in [5.74, 6) is -3.96. The van der Waals surface area contributed by atoms with Crippen LogP contribution < -0.4 is 10.6 Å². The molecule has 2 amide bonds. The van der Waals surface area contributed by atoms with Gasteiger partial charge in [0.05, 0.1) is 30.8 Å². The molecule has 2 aromatic rings. The van der Waals surface area contributed by atoms with Gasteiger partial charge in [-0.25, -0.2) is 9.59 Å². The SMILES string of the molecule is CC1(C)OC[C@H]([C@H]2C(=O)C(C)(C)O[C@@H]2[C@@H](O)CNC(=O)CC[C@H](NC(=O)OCC2c3ccccc3-c3ccccc32)C(=O)O)O1. The number of ether oxygens (including phenoxy) is 4. The highest BCUT2D eigenvalue weighted by Gasteiger charge is 2.56. The molecule has 12 nitrogen and oxygen atoms in total. The molecule has 2 aromatic carbocycles. The highest BCUT2D eigenvalue weighted by molar-refractivity contribution is 5.91. The lowest BCUT2D eigenvalue weighted by Gasteiger charge is -2.27. The Morgan fingerprint density at radius 3 is 2.20 bits per heavy atom. The van der Waals surface area contributed by atoms with Crippen LogP contribution in [0.1, 0.15) is 57.6 Å². The molecule has 5 atom stereocenters. The van der Waals surface area contributed by atoms with Crippen LogP contribution in [0.3, 0.4) is 0 Å². The molecular formula is C33H40N2O10. The van der Waals surface area contributed by atoms with Gasteiger partial charge in [0.15, 0.2) is 11.6 Å². The number of rotatable bonds is 11. The molecule has 2 heterocycles. The van der Waals surface area contributed by atoms with Crippen LogP contribution in [0, 0.1) is 5.92 Å². The lowest BCUT2D eigenvalue weighted by atomic mass is 9.86. The normalized spacial score (nSPS) is 24.4. The predicted molar refractivity (Wildman–Crippen MR) is 160 cm³/mol. The first kappa shape index (κ1) is 32.6. The number of hydrogen-bond donors (Lipinski definition) is 4. The topological polar surface area (TPSA) is 170 Å². The first-order valence-corrected chi connectivity index (χ1v) is 15.1. The Kier molecular flexibility index (Phi) is 9.31. The summed E-state index contributed by atoms with van der Waals surface area (Å²) in [7, 11) is 0. The molecule has 1 aliphatic carbocycles. The third-order valence-corrected chi connectivity index (χ3v) is 8.59. The number of ketones is 1. The van der Waals surface area contributed by atoms with Gasteiger partial charge < -0.3 is 39.8 Å². The van der Waals surface area contributed by atoms with E-state index in [1.54, 1.807) is 27.7 Å². The van der Waals surface area contributed by atoms with E-state index in [1.807, 2.05) is 48.5 Å². The number of carbonyl (C=O) groups is 4. The average Bonchev–Trinajstić information content (AvgIpc) is 3.60. The van der Waals surface area contributed by atoms with Crippen LogP contribution in [-0.4, -0.2) is 89.5 Å². The van der Waals surface area contributed by atoms with E-state index in [-0.39, 0.29) is 44.3 Å². The minimum atomic E-state index is -1.37. The summed E-state index contributed by atoms with van der Waals surface area (Å²) < 4.78 is 22.8. The van der Waals surface area contributed by atoms with Gasteiger partial charge in [-0.05, 0) is 56.4 Å². The van der Waals surface area contributed by atoms with Crippen LogP contribution in [0.4, 0.5) is 4.79 Å². The zero-order valence-corrected chi connectivity index (χ0v) is 25.8. The molecule has 0 radical (unpaired) electrons. The largest absolute Gasteiger partial charge is 0.480 e. The van der Waals surface area contributed by atoms with E-state index in [0.29, 0.717) is 0 Å². The predicted octanol–water partition coefficient (Wildman–Crippen LogP) is 2.75. The molecular weight excluding hydrogens is 584 g/mol. The molecule has 0 saturated carbocycles. The molecule has 0 spiro atoms. The molecule has 2 fully saturated rings. The number of aliphatic hydroxyl groups excluding tert-OH is 1. The third kappa shape index (κ3) is 7.04. The van der Waals surface area contributed by atoms with Gasteiger partial charge in [0.2, 0.25) is 5.91 Å². The number of fused-ring (bicyclic) bond motifs is 3. The standard InChI is InChI=1S/C33H40N2O10/c1-32(2)29(38)27(25-17-43-33(3,4)44-25)28(45-32)24(36)15-34-26(37)14-13-23(30(39)40)35-31(41)42-16-22-20-11-7-5-9-18(20)19-10-6-8-12-21(19)22/h5-12,22-25,27-28,36H,13-17H2,1-4H3,(H,34,37)(H,35,41)(H,39,40)/t23-,24-,25+,27+,28+/m0/s1. The smallest absolute Gasteiger partial charge is 0.407 e. The van der Waals surface area contributed by atoms with Crippen molar-refractivity contribution in [1.82, 2.24) is 10.6 Å². The highest BCUT2D eigenvalue weighted by Crippen LogP contribution is 2.44. The molecule has 3 aliphatic rings. The van der Waals surface area contributed by atoms with Gasteiger partial charge in [-0.15, -0.1) is 0 Å². The fourth-order valence-corrected chi connectivity index (χ4v) is 6.35. The van der Waals surface area contributed by atoms with Crippen molar-refractivity contribution >= 4 is 23.8 Å². The van der Waals surface area contributed by atoms with Crippen molar-refractivity contribution in [2.45, 2.75) is 82.2 Å². The number of carboxylic acid groups (broad SMARTS) is 1. The Balaban J connectivity index is 1.10. The van der Waals surface area contributed by atoms with E-state index in [2.05, 4.69) is 10.6 Å². The number of carbonyl (C=O) groups excluding carboxylic acids is 3. The maximum Gasteiger partial charge on any atom is 0.407 e. The molecule has 242 valence electrons. The number of carboxylic acids is 1. The quantitative estimate of drug-likeness (QED) is 0.292. The Morgan fingerprint density at radius 2 is 1.62 bits per heavy atom. The Bertz CT molecular complexity index is 1410. The third-order valence-electron chi connectivity index (χ3n) is 8.59. The Hall–Kier alpha value is -3.84. The number of aliphatic carboxylic acids is 1. The molecule has 5 rings (SSSR count). The zero-order valence-electron chi connectivity index (χ0n) is 25.8. The number of benzene rings is 2. The molecule has 0 bridgehead atoms. The van der Waals surface area contributed by atoms with E-state index in [0.717, 1.165) is 22.3 Å². The molecule has 12 heteroatoms. The van der Waals surface area contributed by atoms with Crippen LogP contribution >= 0.6 is 0 Å². The Morgan fingerprint density at radius 1 is 1.00 bits per heavy atom. The molecule has 2 aliphatic heterocycles. The highest BCUT2D eigenvalue weighted by atomic mass is 16.7. The molecule has 45 heavy (non-hydrogen) atoms. The van der Waals surface area contributed by atoms with E-state index in [9.17, 15) is 29.4 Å². The van der Waals surface area contributed by atoms with Gasteiger partial charge in [0, 0.05) is 18.9 Å². The van der Waals surface area contributed by atoms with Gasteiger partial charge in [-0.2, -0.15) is 0 Å². The number of aliphatic hydroxyl groups is 1. The van der Waals surface area contributed by atoms with Crippen molar-refractivity contribution in [2.24, 2.45) is 5.92 Å². The minimum Gasteiger partial charge on any atom is -0.480 e. The van der Waals surface area contributed by atoms with Crippen LogP contribution in [0.2, 0.25) is 0 Å². The second kappa shape index (κ2) is 12.9. The van der Waals surface area contributed by atoms with Crippen LogP contribution in [-0.2, 0) is 33.3 Å². The minimum absolute atomic E-state index is 0.0175. The number of Topliss-reactive ketones (excluding diaryl/α,β-unsaturated/α-hetero) is 1. The van der Waals surface area contributed by atoms with Crippen LogP contribution in [0.15, 0.2) is 48.5 Å². The second-order valence-electron chi connectivity index (χ2n) is 12.6. The van der Waals surface area contributed by atoms with Gasteiger partial charge >= 0.3 is 12.1 Å². The van der Waals surface area contributed by atoms with Crippen molar-refractivity contribution in [3.63, 3.8) is 0 Å². The second-order valence-corrected chi connectivity index (χ2v) is 12.6. The maximum absolute atomic E-state index is 13.1. The summed E-state index contributed by atoms with van der Waals surface area (Å²) in [4.78, 5) is 50.2. The molecule has 0 aromatic heterocycles. The van der Waals surface area contributed by atoms with Crippen molar-refractivity contribution < 1.29 is 48.3 Å². The monoisotopic (exact) mass is 624 g/mol. The number of nitrogens with one attached hydrogen (secondary N) is 2. The summed E-state index contributed by atoms with van der Waals surface area (Å²) >= 11 is 0. The zero-order chi connectivity index (χ0) is 32.5. The fourth-order valence-electron chi connectivity index (χ4n) is 6.35. The first-order chi connectivity index (χ1) is 21.3. The van der Waals surface area contributed by atoms with Crippen molar-refractivity contribution in [1.29, 1.82) is 0 Å². The van der Waals surface area contributed by atoms with Crippen molar-refractivity contribution in [2.75, 3.05) is 19.8 Å². The van der Waals surface area contributed by atoms with Gasteiger partial charge in [-0.3, -0.25) is 9.59 Å².